The molecule has 0 amide bonds. The van der Waals surface area contributed by atoms with Crippen molar-refractivity contribution in [3.05, 3.63) is 10.6 Å². The lowest BCUT2D eigenvalue weighted by molar-refractivity contribution is -0.145. The first-order valence-electron chi connectivity index (χ1n) is 4.61. The van der Waals surface area contributed by atoms with E-state index in [1.807, 2.05) is 13.8 Å². The Morgan fingerprint density at radius 2 is 2.00 bits per heavy atom. The van der Waals surface area contributed by atoms with Crippen molar-refractivity contribution in [1.82, 2.24) is 0 Å². The third kappa shape index (κ3) is 2.89. The minimum Gasteiger partial charge on any atom is -0.481 e. The molecule has 80 valence electrons. The number of halogens is 2. The third-order valence-electron chi connectivity index (χ3n) is 2.64. The molecule has 0 aromatic carbocycles. The summed E-state index contributed by atoms with van der Waals surface area (Å²) in [5.74, 6) is -0.857. The average Bonchev–Trinajstić information content (AvgIpc) is 2.65. The van der Waals surface area contributed by atoms with Crippen molar-refractivity contribution in [3.63, 3.8) is 0 Å². The molecule has 2 nitrogen and oxygen atoms in total. The molecule has 0 saturated heterocycles. The zero-order valence-electron chi connectivity index (χ0n) is 8.26. The van der Waals surface area contributed by atoms with E-state index in [-0.39, 0.29) is 16.3 Å². The Balaban J connectivity index is 2.85. The fraction of sp³-hybridized carbons (Fsp3) is 0.700. The van der Waals surface area contributed by atoms with Gasteiger partial charge in [0.25, 0.3) is 0 Å². The highest BCUT2D eigenvalue weighted by Gasteiger charge is 2.44. The Kier molecular flexibility index (Phi) is 3.49. The Morgan fingerprint density at radius 3 is 2.29 bits per heavy atom. The van der Waals surface area contributed by atoms with Crippen molar-refractivity contribution in [3.8, 4) is 0 Å². The Labute approximate surface area is 93.9 Å². The number of aliphatic carboxylic acids is 1. The van der Waals surface area contributed by atoms with Gasteiger partial charge in [0, 0.05) is 0 Å². The molecule has 1 rings (SSSR count). The van der Waals surface area contributed by atoms with Crippen LogP contribution in [0.2, 0.25) is 0 Å². The molecule has 1 saturated carbocycles. The maximum atomic E-state index is 11.1. The van der Waals surface area contributed by atoms with Crippen LogP contribution in [0.5, 0.6) is 0 Å². The molecule has 1 unspecified atom stereocenters. The molecular weight excluding hydrogens is 223 g/mol. The highest BCUT2D eigenvalue weighted by molar-refractivity contribution is 6.55. The smallest absolute Gasteiger partial charge is 0.307 e. The van der Waals surface area contributed by atoms with E-state index in [4.69, 9.17) is 28.3 Å². The average molecular weight is 237 g/mol. The number of rotatable bonds is 4. The van der Waals surface area contributed by atoms with E-state index in [2.05, 4.69) is 0 Å². The van der Waals surface area contributed by atoms with Gasteiger partial charge in [0.05, 0.1) is 5.92 Å². The first-order valence-corrected chi connectivity index (χ1v) is 5.37. The van der Waals surface area contributed by atoms with E-state index in [9.17, 15) is 4.79 Å². The van der Waals surface area contributed by atoms with Crippen LogP contribution in [0.25, 0.3) is 0 Å². The maximum absolute atomic E-state index is 11.1. The van der Waals surface area contributed by atoms with Crippen molar-refractivity contribution < 1.29 is 9.90 Å². The van der Waals surface area contributed by atoms with Crippen LogP contribution in [0.1, 0.15) is 26.7 Å². The van der Waals surface area contributed by atoms with Crippen molar-refractivity contribution in [2.24, 2.45) is 17.3 Å². The van der Waals surface area contributed by atoms with Crippen molar-refractivity contribution in [2.75, 3.05) is 0 Å². The van der Waals surface area contributed by atoms with Crippen LogP contribution in [0, 0.1) is 17.3 Å². The summed E-state index contributed by atoms with van der Waals surface area (Å²) >= 11 is 11.1. The molecule has 0 bridgehead atoms. The van der Waals surface area contributed by atoms with Crippen molar-refractivity contribution in [2.45, 2.75) is 26.7 Å². The summed E-state index contributed by atoms with van der Waals surface area (Å²) in [6, 6.07) is 0. The normalized spacial score (nSPS) is 18.9. The number of carboxylic acids is 1. The highest BCUT2D eigenvalue weighted by Crippen LogP contribution is 2.47. The molecule has 0 heterocycles. The number of allylic oxidation sites excluding steroid dienone is 1. The second kappa shape index (κ2) is 4.11. The van der Waals surface area contributed by atoms with Crippen LogP contribution < -0.4 is 0 Å². The second-order valence-electron chi connectivity index (χ2n) is 4.41. The number of hydrogen-bond donors (Lipinski definition) is 1. The molecule has 1 aliphatic carbocycles. The summed E-state index contributed by atoms with van der Waals surface area (Å²) in [5, 5.41) is 9.12. The number of hydrogen-bond acceptors (Lipinski definition) is 1. The topological polar surface area (TPSA) is 37.3 Å². The first-order chi connectivity index (χ1) is 6.34. The zero-order chi connectivity index (χ0) is 10.9. The van der Waals surface area contributed by atoms with Gasteiger partial charge in [-0.05, 0) is 30.3 Å². The van der Waals surface area contributed by atoms with Gasteiger partial charge in [-0.3, -0.25) is 4.79 Å². The molecule has 0 spiro atoms. The summed E-state index contributed by atoms with van der Waals surface area (Å²) in [7, 11) is 0. The quantitative estimate of drug-likeness (QED) is 0.813. The molecule has 1 N–H and O–H groups in total. The van der Waals surface area contributed by atoms with E-state index in [1.165, 1.54) is 0 Å². The van der Waals surface area contributed by atoms with Crippen LogP contribution in [0.3, 0.4) is 0 Å². The van der Waals surface area contributed by atoms with E-state index in [0.717, 1.165) is 12.8 Å². The van der Waals surface area contributed by atoms with Crippen molar-refractivity contribution in [1.29, 1.82) is 0 Å². The lowest BCUT2D eigenvalue weighted by atomic mass is 9.76. The molecule has 4 heteroatoms. The highest BCUT2D eigenvalue weighted by atomic mass is 35.5. The third-order valence-corrected chi connectivity index (χ3v) is 2.86. The largest absolute Gasteiger partial charge is 0.481 e. The van der Waals surface area contributed by atoms with Gasteiger partial charge in [-0.1, -0.05) is 37.0 Å². The van der Waals surface area contributed by atoms with Crippen LogP contribution in [0.15, 0.2) is 10.6 Å². The SMILES string of the molecule is CC(C)(C=C(Cl)Cl)C(C(=O)O)C1CC1. The monoisotopic (exact) mass is 236 g/mol. The molecule has 14 heavy (non-hydrogen) atoms. The summed E-state index contributed by atoms with van der Waals surface area (Å²) in [4.78, 5) is 11.1. The Morgan fingerprint density at radius 1 is 1.50 bits per heavy atom. The van der Waals surface area contributed by atoms with E-state index in [1.54, 1.807) is 6.08 Å². The van der Waals surface area contributed by atoms with E-state index < -0.39 is 11.4 Å². The fourth-order valence-corrected chi connectivity index (χ4v) is 2.49. The van der Waals surface area contributed by atoms with E-state index in [0.29, 0.717) is 0 Å². The van der Waals surface area contributed by atoms with Crippen LogP contribution in [0.4, 0.5) is 0 Å². The molecule has 1 aliphatic rings. The molecule has 1 fully saturated rings. The minimum absolute atomic E-state index is 0.141. The minimum atomic E-state index is -0.761. The summed E-state index contributed by atoms with van der Waals surface area (Å²) in [6.45, 7) is 3.71. The molecule has 0 aromatic rings. The molecule has 0 radical (unpaired) electrons. The fourth-order valence-electron chi connectivity index (χ4n) is 1.93. The van der Waals surface area contributed by atoms with Crippen LogP contribution in [-0.4, -0.2) is 11.1 Å². The standard InChI is InChI=1S/C10H14Cl2O2/c1-10(2,5-7(11)12)8(9(13)14)6-3-4-6/h5-6,8H,3-4H2,1-2H3,(H,13,14). The van der Waals surface area contributed by atoms with Gasteiger partial charge in [0.15, 0.2) is 0 Å². The maximum Gasteiger partial charge on any atom is 0.307 e. The predicted octanol–water partition coefficient (Wildman–Crippen LogP) is 3.44. The first kappa shape index (κ1) is 11.9. The number of carbonyl (C=O) groups is 1. The number of carboxylic acid groups (broad SMARTS) is 1. The van der Waals surface area contributed by atoms with E-state index >= 15 is 0 Å². The lowest BCUT2D eigenvalue weighted by Gasteiger charge is -2.28. The zero-order valence-corrected chi connectivity index (χ0v) is 9.77. The second-order valence-corrected chi connectivity index (χ2v) is 5.42. The van der Waals surface area contributed by atoms with Gasteiger partial charge in [-0.25, -0.2) is 0 Å². The van der Waals surface area contributed by atoms with Gasteiger partial charge in [-0.15, -0.1) is 0 Å². The molecular formula is C10H14Cl2O2. The van der Waals surface area contributed by atoms with Gasteiger partial charge in [0.2, 0.25) is 0 Å². The van der Waals surface area contributed by atoms with Gasteiger partial charge < -0.3 is 5.11 Å². The van der Waals surface area contributed by atoms with Crippen LogP contribution in [-0.2, 0) is 4.79 Å². The summed E-state index contributed by atoms with van der Waals surface area (Å²) in [6.07, 6.45) is 3.61. The van der Waals surface area contributed by atoms with Gasteiger partial charge in [-0.2, -0.15) is 0 Å². The lowest BCUT2D eigenvalue weighted by Crippen LogP contribution is -2.31. The summed E-state index contributed by atoms with van der Waals surface area (Å²) < 4.78 is 0.141. The summed E-state index contributed by atoms with van der Waals surface area (Å²) in [5.41, 5.74) is -0.480. The van der Waals surface area contributed by atoms with Gasteiger partial charge in [0.1, 0.15) is 4.49 Å². The Hall–Kier alpha value is -0.210. The Bertz CT molecular complexity index is 263. The molecule has 0 aromatic heterocycles. The molecule has 1 atom stereocenters. The van der Waals surface area contributed by atoms with Crippen LogP contribution >= 0.6 is 23.2 Å². The van der Waals surface area contributed by atoms with Crippen molar-refractivity contribution >= 4 is 29.2 Å². The molecule has 0 aliphatic heterocycles. The predicted molar refractivity (Wildman–Crippen MR) is 57.4 cm³/mol. The van der Waals surface area contributed by atoms with Gasteiger partial charge >= 0.3 is 5.97 Å².